The number of hydrogen-bond acceptors (Lipinski definition) is 4. The van der Waals surface area contributed by atoms with Crippen molar-refractivity contribution in [1.82, 2.24) is 0 Å². The van der Waals surface area contributed by atoms with E-state index in [0.29, 0.717) is 11.5 Å². The standard InChI is InChI=1S/C34H34NO4/c1-4-14-35-20-28(15-27-16-29(21-36)30(22-37)18-32(27)35)26-17-31(34(39-3)33(19-26)38-2)25-12-10-24(11-13-25)23-8-6-5-7-9-23/h5-13,15-20,36-37H,4,14,21-22H2,1-3H3/q+1. The van der Waals surface area contributed by atoms with Crippen molar-refractivity contribution in [3.05, 3.63) is 102 Å². The molecule has 0 unspecified atom stereocenters. The number of fused-ring (bicyclic) bond motifs is 1. The number of benzene rings is 4. The number of rotatable bonds is 9. The van der Waals surface area contributed by atoms with Crippen LogP contribution >= 0.6 is 0 Å². The van der Waals surface area contributed by atoms with E-state index >= 15 is 0 Å². The lowest BCUT2D eigenvalue weighted by Gasteiger charge is -2.16. The number of aliphatic hydroxyl groups is 2. The van der Waals surface area contributed by atoms with Crippen molar-refractivity contribution in [3.8, 4) is 44.9 Å². The molecule has 2 N–H and O–H groups in total. The molecule has 0 bridgehead atoms. The second-order valence-electron chi connectivity index (χ2n) is 9.62. The Morgan fingerprint density at radius 3 is 1.97 bits per heavy atom. The molecule has 1 aromatic heterocycles. The van der Waals surface area contributed by atoms with Crippen molar-refractivity contribution >= 4 is 10.9 Å². The average Bonchev–Trinajstić information content (AvgIpc) is 3.00. The van der Waals surface area contributed by atoms with E-state index in [2.05, 4.69) is 66.2 Å². The Morgan fingerprint density at radius 2 is 1.33 bits per heavy atom. The molecule has 0 aliphatic heterocycles. The number of aliphatic hydroxyl groups excluding tert-OH is 2. The molecule has 0 spiro atoms. The summed E-state index contributed by atoms with van der Waals surface area (Å²) >= 11 is 0. The Bertz CT molecular complexity index is 1590. The second-order valence-corrected chi connectivity index (χ2v) is 9.62. The lowest BCUT2D eigenvalue weighted by atomic mass is 9.95. The number of methoxy groups -OCH3 is 2. The van der Waals surface area contributed by atoms with Crippen LogP contribution in [-0.2, 0) is 19.8 Å². The van der Waals surface area contributed by atoms with Crippen LogP contribution in [0.2, 0.25) is 0 Å². The molecule has 198 valence electrons. The lowest BCUT2D eigenvalue weighted by molar-refractivity contribution is -0.670. The van der Waals surface area contributed by atoms with Gasteiger partial charge in [-0.25, -0.2) is 0 Å². The molecule has 0 fully saturated rings. The van der Waals surface area contributed by atoms with Gasteiger partial charge in [0.1, 0.15) is 6.54 Å². The quantitative estimate of drug-likeness (QED) is 0.217. The first-order chi connectivity index (χ1) is 19.1. The zero-order valence-electron chi connectivity index (χ0n) is 22.6. The van der Waals surface area contributed by atoms with E-state index in [1.807, 2.05) is 36.4 Å². The molecular weight excluding hydrogens is 486 g/mol. The number of hydrogen-bond donors (Lipinski definition) is 2. The van der Waals surface area contributed by atoms with Gasteiger partial charge in [-0.2, -0.15) is 4.57 Å². The van der Waals surface area contributed by atoms with Crippen molar-refractivity contribution in [1.29, 1.82) is 0 Å². The van der Waals surface area contributed by atoms with Gasteiger partial charge in [-0.1, -0.05) is 61.5 Å². The third kappa shape index (κ3) is 5.24. The molecule has 0 saturated carbocycles. The summed E-state index contributed by atoms with van der Waals surface area (Å²) in [6.07, 6.45) is 3.11. The summed E-state index contributed by atoms with van der Waals surface area (Å²) in [6.45, 7) is 2.74. The predicted octanol–water partition coefficient (Wildman–Crippen LogP) is 6.54. The minimum absolute atomic E-state index is 0.109. The van der Waals surface area contributed by atoms with Gasteiger partial charge in [0.05, 0.1) is 27.4 Å². The molecule has 5 heteroatoms. The number of ether oxygens (including phenoxy) is 2. The van der Waals surface area contributed by atoms with E-state index < -0.39 is 0 Å². The molecule has 0 amide bonds. The van der Waals surface area contributed by atoms with Crippen LogP contribution in [0.25, 0.3) is 44.3 Å². The maximum Gasteiger partial charge on any atom is 0.212 e. The second kappa shape index (κ2) is 11.7. The van der Waals surface area contributed by atoms with Crippen LogP contribution in [0.1, 0.15) is 24.5 Å². The Labute approximate surface area is 229 Å². The van der Waals surface area contributed by atoms with Crippen LogP contribution in [0.3, 0.4) is 0 Å². The topological polar surface area (TPSA) is 62.8 Å². The average molecular weight is 521 g/mol. The summed E-state index contributed by atoms with van der Waals surface area (Å²) in [4.78, 5) is 0. The van der Waals surface area contributed by atoms with Crippen LogP contribution < -0.4 is 14.0 Å². The van der Waals surface area contributed by atoms with E-state index in [0.717, 1.165) is 62.8 Å². The van der Waals surface area contributed by atoms with Gasteiger partial charge >= 0.3 is 0 Å². The fraction of sp³-hybridized carbons (Fsp3) is 0.206. The van der Waals surface area contributed by atoms with Gasteiger partial charge in [0.2, 0.25) is 5.52 Å². The van der Waals surface area contributed by atoms with Crippen molar-refractivity contribution < 1.29 is 24.3 Å². The van der Waals surface area contributed by atoms with E-state index in [1.54, 1.807) is 14.2 Å². The molecule has 1 heterocycles. The molecule has 39 heavy (non-hydrogen) atoms. The van der Waals surface area contributed by atoms with Crippen molar-refractivity contribution in [2.45, 2.75) is 33.1 Å². The van der Waals surface area contributed by atoms with Crippen LogP contribution in [0, 0.1) is 0 Å². The molecule has 5 rings (SSSR count). The number of aromatic nitrogens is 1. The first-order valence-corrected chi connectivity index (χ1v) is 13.2. The Hall–Kier alpha value is -4.19. The summed E-state index contributed by atoms with van der Waals surface area (Å²) < 4.78 is 13.8. The smallest absolute Gasteiger partial charge is 0.212 e. The Kier molecular flexibility index (Phi) is 7.92. The highest BCUT2D eigenvalue weighted by Gasteiger charge is 2.19. The highest BCUT2D eigenvalue weighted by molar-refractivity contribution is 5.86. The molecule has 0 aliphatic carbocycles. The van der Waals surface area contributed by atoms with Crippen molar-refractivity contribution in [3.63, 3.8) is 0 Å². The number of aryl methyl sites for hydroxylation is 1. The van der Waals surface area contributed by atoms with Crippen LogP contribution in [0.5, 0.6) is 11.5 Å². The summed E-state index contributed by atoms with van der Waals surface area (Å²) in [5, 5.41) is 20.7. The number of nitrogens with zero attached hydrogens (tertiary/aromatic N) is 1. The van der Waals surface area contributed by atoms with Gasteiger partial charge in [0.15, 0.2) is 17.7 Å². The zero-order chi connectivity index (χ0) is 27.4. The van der Waals surface area contributed by atoms with E-state index in [9.17, 15) is 10.2 Å². The Balaban J connectivity index is 1.67. The molecule has 0 saturated heterocycles. The van der Waals surface area contributed by atoms with Crippen LogP contribution in [-0.4, -0.2) is 24.4 Å². The van der Waals surface area contributed by atoms with E-state index in [4.69, 9.17) is 9.47 Å². The monoisotopic (exact) mass is 520 g/mol. The summed E-state index contributed by atoms with van der Waals surface area (Å²) in [7, 11) is 3.32. The molecule has 0 aliphatic rings. The Morgan fingerprint density at radius 1 is 0.667 bits per heavy atom. The highest BCUT2D eigenvalue weighted by Crippen LogP contribution is 2.42. The largest absolute Gasteiger partial charge is 0.493 e. The maximum absolute atomic E-state index is 9.90. The van der Waals surface area contributed by atoms with Crippen LogP contribution in [0.4, 0.5) is 0 Å². The summed E-state index contributed by atoms with van der Waals surface area (Å²) in [6, 6.07) is 29.1. The first kappa shape index (κ1) is 26.4. The highest BCUT2D eigenvalue weighted by atomic mass is 16.5. The zero-order valence-corrected chi connectivity index (χ0v) is 22.6. The number of pyridine rings is 1. The van der Waals surface area contributed by atoms with E-state index in [-0.39, 0.29) is 13.2 Å². The third-order valence-corrected chi connectivity index (χ3v) is 7.18. The molecule has 0 radical (unpaired) electrons. The van der Waals surface area contributed by atoms with Gasteiger partial charge in [-0.05, 0) is 57.6 Å². The molecule has 5 nitrogen and oxygen atoms in total. The lowest BCUT2D eigenvalue weighted by Crippen LogP contribution is -2.34. The minimum Gasteiger partial charge on any atom is -0.493 e. The van der Waals surface area contributed by atoms with Gasteiger partial charge in [0.25, 0.3) is 0 Å². The molecule has 5 aromatic rings. The van der Waals surface area contributed by atoms with Crippen molar-refractivity contribution in [2.75, 3.05) is 14.2 Å². The first-order valence-electron chi connectivity index (χ1n) is 13.2. The molecule has 4 aromatic carbocycles. The fourth-order valence-corrected chi connectivity index (χ4v) is 5.20. The van der Waals surface area contributed by atoms with Crippen LogP contribution in [0.15, 0.2) is 91.1 Å². The van der Waals surface area contributed by atoms with Crippen molar-refractivity contribution in [2.24, 2.45) is 0 Å². The van der Waals surface area contributed by atoms with Gasteiger partial charge in [-0.3, -0.25) is 0 Å². The third-order valence-electron chi connectivity index (χ3n) is 7.18. The minimum atomic E-state index is -0.122. The summed E-state index contributed by atoms with van der Waals surface area (Å²) in [5.41, 5.74) is 8.83. The normalized spacial score (nSPS) is 11.1. The molecular formula is C34H34NO4+. The van der Waals surface area contributed by atoms with Gasteiger partial charge in [0, 0.05) is 29.0 Å². The van der Waals surface area contributed by atoms with Gasteiger partial charge < -0.3 is 19.7 Å². The van der Waals surface area contributed by atoms with Gasteiger partial charge in [-0.15, -0.1) is 0 Å². The molecule has 0 atom stereocenters. The fourth-order valence-electron chi connectivity index (χ4n) is 5.20. The summed E-state index contributed by atoms with van der Waals surface area (Å²) in [5.74, 6) is 1.34. The predicted molar refractivity (Wildman–Crippen MR) is 156 cm³/mol. The maximum atomic E-state index is 9.90. The SMILES string of the molecule is CCC[n+]1cc(-c2cc(OC)c(OC)c(-c3ccc(-c4ccccc4)cc3)c2)cc2cc(CO)c(CO)cc21. The van der Waals surface area contributed by atoms with E-state index in [1.165, 1.54) is 5.56 Å².